The lowest BCUT2D eigenvalue weighted by Gasteiger charge is -2.10. The van der Waals surface area contributed by atoms with E-state index in [4.69, 9.17) is 15.7 Å². The van der Waals surface area contributed by atoms with E-state index in [9.17, 15) is 22.8 Å². The third kappa shape index (κ3) is 4.16. The van der Waals surface area contributed by atoms with Crippen LogP contribution in [0.3, 0.4) is 0 Å². The van der Waals surface area contributed by atoms with Gasteiger partial charge in [-0.15, -0.1) is 10.2 Å². The van der Waals surface area contributed by atoms with Crippen LogP contribution in [0.2, 0.25) is 5.15 Å². The highest BCUT2D eigenvalue weighted by Gasteiger charge is 2.29. The predicted molar refractivity (Wildman–Crippen MR) is 99.4 cm³/mol. The number of hydrogen-bond donors (Lipinski definition) is 2. The zero-order valence-corrected chi connectivity index (χ0v) is 15.5. The van der Waals surface area contributed by atoms with Gasteiger partial charge in [-0.25, -0.2) is 0 Å². The van der Waals surface area contributed by atoms with Crippen LogP contribution >= 0.6 is 11.6 Å². The number of amides is 1. The number of carbonyl (C=O) groups is 1. The lowest BCUT2D eigenvalue weighted by molar-refractivity contribution is -0.141. The Bertz CT molecular complexity index is 1240. The van der Waals surface area contributed by atoms with Crippen molar-refractivity contribution in [2.75, 3.05) is 12.3 Å². The van der Waals surface area contributed by atoms with Crippen LogP contribution in [0.25, 0.3) is 10.9 Å². The highest BCUT2D eigenvalue weighted by Crippen LogP contribution is 2.26. The molecule has 9 nitrogen and oxygen atoms in total. The first-order valence-corrected chi connectivity index (χ1v) is 8.46. The molecule has 0 bridgehead atoms. The fraction of sp³-hybridized carbons (Fsp3) is 0.312. The molecule has 3 rings (SSSR count). The van der Waals surface area contributed by atoms with E-state index in [0.29, 0.717) is 4.57 Å². The molecule has 0 unspecified atom stereocenters. The molecule has 0 aromatic carbocycles. The third-order valence-corrected chi connectivity index (χ3v) is 4.06. The highest BCUT2D eigenvalue weighted by atomic mass is 35.5. The number of rotatable bonds is 5. The van der Waals surface area contributed by atoms with Gasteiger partial charge >= 0.3 is 6.18 Å². The maximum absolute atomic E-state index is 12.8. The van der Waals surface area contributed by atoms with Crippen molar-refractivity contribution in [1.82, 2.24) is 29.9 Å². The summed E-state index contributed by atoms with van der Waals surface area (Å²) in [7, 11) is 0. The first-order valence-electron chi connectivity index (χ1n) is 9.58. The Labute approximate surface area is 170 Å². The van der Waals surface area contributed by atoms with E-state index >= 15 is 0 Å². The number of nitrogens with zero attached hydrogens (tertiary/aromatic N) is 5. The van der Waals surface area contributed by atoms with Gasteiger partial charge in [0.1, 0.15) is 11.9 Å². The monoisotopic (exact) mass is 432 g/mol. The summed E-state index contributed by atoms with van der Waals surface area (Å²) in [6, 6.07) is 2.45. The molecule has 0 saturated heterocycles. The standard InChI is InChI=1S/C16H15ClF3N7O2/c1-3-27-9-4-5-26(7-16(18,19)20)15(29)11(9)13(25-27)22-8-6-10(17)23-24-12(8)14(28)21-2/h4-6H,3,7H2,1-2H3,(H,21,28)(H,22,23,25)/i2D3. The number of nitrogens with one attached hydrogen (secondary N) is 2. The molecule has 0 aliphatic heterocycles. The zero-order valence-electron chi connectivity index (χ0n) is 17.7. The van der Waals surface area contributed by atoms with Gasteiger partial charge in [-0.2, -0.15) is 18.3 Å². The van der Waals surface area contributed by atoms with Crippen LogP contribution in [0.4, 0.5) is 24.7 Å². The molecule has 3 aromatic heterocycles. The highest BCUT2D eigenvalue weighted by molar-refractivity contribution is 6.29. The van der Waals surface area contributed by atoms with Crippen LogP contribution in [-0.2, 0) is 13.1 Å². The summed E-state index contributed by atoms with van der Waals surface area (Å²) in [5, 5.41) is 15.3. The van der Waals surface area contributed by atoms with Crippen molar-refractivity contribution >= 4 is 39.9 Å². The number of halogens is 4. The van der Waals surface area contributed by atoms with Crippen molar-refractivity contribution in [3.05, 3.63) is 39.5 Å². The number of hydrogen-bond acceptors (Lipinski definition) is 6. The summed E-state index contributed by atoms with van der Waals surface area (Å²) in [4.78, 5) is 25.1. The van der Waals surface area contributed by atoms with Crippen LogP contribution in [0.15, 0.2) is 23.1 Å². The molecule has 0 aliphatic carbocycles. The topological polar surface area (TPSA) is 107 Å². The minimum absolute atomic E-state index is 0.153. The van der Waals surface area contributed by atoms with Gasteiger partial charge in [0.2, 0.25) is 0 Å². The number of alkyl halides is 3. The van der Waals surface area contributed by atoms with Gasteiger partial charge in [-0.3, -0.25) is 14.3 Å². The number of carbonyl (C=O) groups excluding carboxylic acids is 1. The Kier molecular flexibility index (Phi) is 4.45. The van der Waals surface area contributed by atoms with Crippen molar-refractivity contribution < 1.29 is 22.1 Å². The van der Waals surface area contributed by atoms with E-state index in [1.54, 1.807) is 12.2 Å². The third-order valence-electron chi connectivity index (χ3n) is 3.87. The van der Waals surface area contributed by atoms with E-state index in [-0.39, 0.29) is 34.1 Å². The maximum atomic E-state index is 12.8. The minimum atomic E-state index is -4.63. The molecule has 0 fully saturated rings. The summed E-state index contributed by atoms with van der Waals surface area (Å²) in [5.74, 6) is -1.29. The van der Waals surface area contributed by atoms with Crippen LogP contribution in [0, 0.1) is 0 Å². The van der Waals surface area contributed by atoms with E-state index in [2.05, 4.69) is 20.6 Å². The molecule has 0 saturated carbocycles. The largest absolute Gasteiger partial charge is 0.406 e. The Hall–Kier alpha value is -3.15. The Morgan fingerprint density at radius 2 is 2.14 bits per heavy atom. The fourth-order valence-electron chi connectivity index (χ4n) is 2.69. The normalized spacial score (nSPS) is 13.6. The molecule has 3 aromatic rings. The number of fused-ring (bicyclic) bond motifs is 1. The van der Waals surface area contributed by atoms with Crippen LogP contribution < -0.4 is 16.2 Å². The van der Waals surface area contributed by atoms with Crippen molar-refractivity contribution in [3.63, 3.8) is 0 Å². The minimum Gasteiger partial charge on any atom is -0.354 e. The zero-order chi connectivity index (χ0) is 23.8. The summed E-state index contributed by atoms with van der Waals surface area (Å²) in [6.07, 6.45) is -3.62. The lowest BCUT2D eigenvalue weighted by atomic mass is 10.2. The molecule has 0 atom stereocenters. The van der Waals surface area contributed by atoms with Crippen molar-refractivity contribution in [2.24, 2.45) is 0 Å². The van der Waals surface area contributed by atoms with Gasteiger partial charge in [-0.05, 0) is 13.0 Å². The van der Waals surface area contributed by atoms with Crippen LogP contribution in [0.5, 0.6) is 0 Å². The first kappa shape index (κ1) is 16.8. The Morgan fingerprint density at radius 3 is 2.79 bits per heavy atom. The van der Waals surface area contributed by atoms with Crippen molar-refractivity contribution in [2.45, 2.75) is 26.2 Å². The summed E-state index contributed by atoms with van der Waals surface area (Å²) < 4.78 is 61.9. The molecule has 1 amide bonds. The number of anilines is 2. The fourth-order valence-corrected chi connectivity index (χ4v) is 2.84. The molecule has 2 N–H and O–H groups in total. The number of pyridine rings is 1. The number of aromatic nitrogens is 5. The molecule has 154 valence electrons. The average Bonchev–Trinajstić information content (AvgIpc) is 3.00. The van der Waals surface area contributed by atoms with E-state index in [1.165, 1.54) is 10.7 Å². The Balaban J connectivity index is 2.13. The van der Waals surface area contributed by atoms with E-state index < -0.39 is 36.9 Å². The summed E-state index contributed by atoms with van der Waals surface area (Å²) >= 11 is 5.83. The second-order valence-electron chi connectivity index (χ2n) is 5.80. The summed E-state index contributed by atoms with van der Waals surface area (Å²) in [6.45, 7) is -2.34. The van der Waals surface area contributed by atoms with Gasteiger partial charge in [0.15, 0.2) is 16.7 Å². The van der Waals surface area contributed by atoms with Crippen LogP contribution in [-0.4, -0.2) is 43.6 Å². The lowest BCUT2D eigenvalue weighted by Crippen LogP contribution is -2.27. The molecule has 0 spiro atoms. The van der Waals surface area contributed by atoms with Gasteiger partial charge in [-0.1, -0.05) is 11.6 Å². The van der Waals surface area contributed by atoms with E-state index in [0.717, 1.165) is 12.3 Å². The predicted octanol–water partition coefficient (Wildman–Crippen LogP) is 2.33. The molecule has 0 aliphatic rings. The summed E-state index contributed by atoms with van der Waals surface area (Å²) in [5.41, 5.74) is -1.35. The molecule has 13 heteroatoms. The molecule has 29 heavy (non-hydrogen) atoms. The van der Waals surface area contributed by atoms with Gasteiger partial charge in [0.25, 0.3) is 11.5 Å². The van der Waals surface area contributed by atoms with Gasteiger partial charge in [0.05, 0.1) is 11.2 Å². The SMILES string of the molecule is [2H]C([2H])([2H])NC(=O)c1nnc(Cl)cc1Nc1nn(CC)c2ccn(CC(F)(F)F)c(=O)c12. The van der Waals surface area contributed by atoms with Gasteiger partial charge < -0.3 is 15.2 Å². The first-order chi connectivity index (χ1) is 14.8. The van der Waals surface area contributed by atoms with Gasteiger partial charge in [0, 0.05) is 29.9 Å². The van der Waals surface area contributed by atoms with Crippen molar-refractivity contribution in [3.8, 4) is 0 Å². The maximum Gasteiger partial charge on any atom is 0.406 e. The molecule has 0 radical (unpaired) electrons. The molecular weight excluding hydrogens is 415 g/mol. The second kappa shape index (κ2) is 7.70. The average molecular weight is 433 g/mol. The second-order valence-corrected chi connectivity index (χ2v) is 6.18. The van der Waals surface area contributed by atoms with Crippen molar-refractivity contribution in [1.29, 1.82) is 0 Å². The molecule has 3 heterocycles. The van der Waals surface area contributed by atoms with Crippen LogP contribution in [0.1, 0.15) is 21.5 Å². The molecular formula is C16H15ClF3N7O2. The smallest absolute Gasteiger partial charge is 0.354 e. The Morgan fingerprint density at radius 1 is 1.38 bits per heavy atom. The van der Waals surface area contributed by atoms with E-state index in [1.807, 2.05) is 0 Å². The quantitative estimate of drug-likeness (QED) is 0.641. The number of aryl methyl sites for hydroxylation is 1.